The molecular formula is C22H29N3S2. The molecule has 1 aromatic heterocycles. The Balaban J connectivity index is 1.45. The molecule has 0 amide bonds. The molecule has 1 saturated heterocycles. The molecule has 1 aliphatic carbocycles. The molecule has 2 N–H and O–H groups in total. The van der Waals surface area contributed by atoms with Crippen molar-refractivity contribution >= 4 is 28.7 Å². The van der Waals surface area contributed by atoms with Crippen molar-refractivity contribution in [1.82, 2.24) is 15.5 Å². The molecule has 0 spiro atoms. The molecule has 2 atom stereocenters. The summed E-state index contributed by atoms with van der Waals surface area (Å²) in [7, 11) is 0. The second kappa shape index (κ2) is 8.72. The second-order valence-corrected chi connectivity index (χ2v) is 9.00. The molecule has 0 bridgehead atoms. The third-order valence-corrected chi connectivity index (χ3v) is 7.16. The molecule has 0 unspecified atom stereocenters. The van der Waals surface area contributed by atoms with Crippen molar-refractivity contribution in [2.75, 3.05) is 19.6 Å². The first-order chi connectivity index (χ1) is 13.2. The van der Waals surface area contributed by atoms with Crippen molar-refractivity contribution in [3.05, 3.63) is 57.3 Å². The molecule has 2 aromatic rings. The van der Waals surface area contributed by atoms with Crippen molar-refractivity contribution < 1.29 is 0 Å². The Bertz CT molecular complexity index is 772. The predicted molar refractivity (Wildman–Crippen MR) is 119 cm³/mol. The SMILES string of the molecule is CCN1CCC[C@@H]1CNC(=S)N[C@@H](c1ccc2c(c1)CCC2)c1cccs1. The van der Waals surface area contributed by atoms with Gasteiger partial charge in [0.25, 0.3) is 0 Å². The summed E-state index contributed by atoms with van der Waals surface area (Å²) < 4.78 is 0. The van der Waals surface area contributed by atoms with E-state index in [1.54, 1.807) is 11.3 Å². The fourth-order valence-electron chi connectivity index (χ4n) is 4.48. The van der Waals surface area contributed by atoms with Crippen molar-refractivity contribution in [1.29, 1.82) is 0 Å². The van der Waals surface area contributed by atoms with Crippen molar-refractivity contribution in [3.8, 4) is 0 Å². The van der Waals surface area contributed by atoms with Crippen LogP contribution >= 0.6 is 23.6 Å². The molecule has 0 radical (unpaired) electrons. The highest BCUT2D eigenvalue weighted by Crippen LogP contribution is 2.30. The van der Waals surface area contributed by atoms with Gasteiger partial charge in [0, 0.05) is 17.5 Å². The fourth-order valence-corrected chi connectivity index (χ4v) is 5.48. The van der Waals surface area contributed by atoms with E-state index in [1.807, 2.05) is 0 Å². The molecule has 2 heterocycles. The largest absolute Gasteiger partial charge is 0.361 e. The fraction of sp³-hybridized carbons (Fsp3) is 0.500. The maximum atomic E-state index is 5.68. The number of aryl methyl sites for hydroxylation is 2. The van der Waals surface area contributed by atoms with E-state index in [0.717, 1.165) is 18.2 Å². The van der Waals surface area contributed by atoms with Crippen LogP contribution in [0.3, 0.4) is 0 Å². The third-order valence-electron chi connectivity index (χ3n) is 5.96. The van der Waals surface area contributed by atoms with E-state index in [0.29, 0.717) is 6.04 Å². The number of hydrogen-bond acceptors (Lipinski definition) is 3. The van der Waals surface area contributed by atoms with Gasteiger partial charge in [0.15, 0.2) is 5.11 Å². The van der Waals surface area contributed by atoms with Gasteiger partial charge in [0.2, 0.25) is 0 Å². The van der Waals surface area contributed by atoms with Crippen molar-refractivity contribution in [2.45, 2.75) is 51.1 Å². The number of thiophene rings is 1. The van der Waals surface area contributed by atoms with E-state index in [1.165, 1.54) is 60.2 Å². The number of nitrogens with zero attached hydrogens (tertiary/aromatic N) is 1. The minimum Gasteiger partial charge on any atom is -0.361 e. The highest BCUT2D eigenvalue weighted by molar-refractivity contribution is 7.80. The average molecular weight is 400 g/mol. The van der Waals surface area contributed by atoms with Crippen LogP contribution in [0.15, 0.2) is 35.7 Å². The van der Waals surface area contributed by atoms with Crippen LogP contribution in [-0.2, 0) is 12.8 Å². The highest BCUT2D eigenvalue weighted by atomic mass is 32.1. The number of likely N-dealkylation sites (N-methyl/N-ethyl adjacent to an activating group) is 1. The summed E-state index contributed by atoms with van der Waals surface area (Å²) in [5.74, 6) is 0. The van der Waals surface area contributed by atoms with Crippen LogP contribution in [0.25, 0.3) is 0 Å². The Morgan fingerprint density at radius 2 is 2.15 bits per heavy atom. The lowest BCUT2D eigenvalue weighted by Gasteiger charge is -2.25. The second-order valence-electron chi connectivity index (χ2n) is 7.61. The molecule has 4 rings (SSSR count). The standard InChI is InChI=1S/C22H29N3S2/c1-2-25-12-4-8-19(25)15-23-22(26)24-21(20-9-5-13-27-20)18-11-10-16-6-3-7-17(16)14-18/h5,9-11,13-14,19,21H,2-4,6-8,12,15H2,1H3,(H2,23,24,26)/t19-,21+/m1/s1. The zero-order chi connectivity index (χ0) is 18.6. The monoisotopic (exact) mass is 399 g/mol. The number of thiocarbonyl (C=S) groups is 1. The van der Waals surface area contributed by atoms with Gasteiger partial charge >= 0.3 is 0 Å². The molecule has 5 heteroatoms. The summed E-state index contributed by atoms with van der Waals surface area (Å²) in [5, 5.41) is 9.99. The zero-order valence-electron chi connectivity index (χ0n) is 16.0. The van der Waals surface area contributed by atoms with Crippen LogP contribution in [0.2, 0.25) is 0 Å². The Morgan fingerprint density at radius 1 is 1.26 bits per heavy atom. The molecular weight excluding hydrogens is 370 g/mol. The van der Waals surface area contributed by atoms with Crippen LogP contribution in [0.4, 0.5) is 0 Å². The van der Waals surface area contributed by atoms with Crippen molar-refractivity contribution in [2.24, 2.45) is 0 Å². The Hall–Kier alpha value is -1.43. The topological polar surface area (TPSA) is 27.3 Å². The maximum absolute atomic E-state index is 5.68. The van der Waals surface area contributed by atoms with E-state index in [9.17, 15) is 0 Å². The van der Waals surface area contributed by atoms with Gasteiger partial charge in [-0.15, -0.1) is 11.3 Å². The Morgan fingerprint density at radius 3 is 2.96 bits per heavy atom. The number of hydrogen-bond donors (Lipinski definition) is 2. The number of benzene rings is 1. The summed E-state index contributed by atoms with van der Waals surface area (Å²) in [4.78, 5) is 3.86. The first-order valence-corrected chi connectivity index (χ1v) is 11.5. The van der Waals surface area contributed by atoms with E-state index >= 15 is 0 Å². The molecule has 2 aliphatic rings. The zero-order valence-corrected chi connectivity index (χ0v) is 17.7. The number of rotatable bonds is 6. The van der Waals surface area contributed by atoms with Crippen LogP contribution in [0, 0.1) is 0 Å². The van der Waals surface area contributed by atoms with Crippen LogP contribution in [0.1, 0.15) is 53.8 Å². The average Bonchev–Trinajstić information content (AvgIpc) is 3.45. The van der Waals surface area contributed by atoms with Crippen LogP contribution < -0.4 is 10.6 Å². The van der Waals surface area contributed by atoms with Gasteiger partial charge in [-0.1, -0.05) is 31.2 Å². The highest BCUT2D eigenvalue weighted by Gasteiger charge is 2.24. The summed E-state index contributed by atoms with van der Waals surface area (Å²) in [6.45, 7) is 5.52. The molecule has 3 nitrogen and oxygen atoms in total. The summed E-state index contributed by atoms with van der Waals surface area (Å²) in [5.41, 5.74) is 4.35. The minimum absolute atomic E-state index is 0.127. The molecule has 1 aromatic carbocycles. The predicted octanol–water partition coefficient (Wildman–Crippen LogP) is 4.27. The third kappa shape index (κ3) is 4.36. The van der Waals surface area contributed by atoms with Gasteiger partial charge in [0.05, 0.1) is 6.04 Å². The molecule has 0 saturated carbocycles. The number of likely N-dealkylation sites (tertiary alicyclic amines) is 1. The molecule has 144 valence electrons. The lowest BCUT2D eigenvalue weighted by molar-refractivity contribution is 0.267. The van der Waals surface area contributed by atoms with E-state index in [2.05, 4.69) is 58.2 Å². The first kappa shape index (κ1) is 18.9. The van der Waals surface area contributed by atoms with Gasteiger partial charge in [-0.2, -0.15) is 0 Å². The van der Waals surface area contributed by atoms with Gasteiger partial charge in [0.1, 0.15) is 0 Å². The lowest BCUT2D eigenvalue weighted by atomic mass is 10.00. The summed E-state index contributed by atoms with van der Waals surface area (Å²) in [6.07, 6.45) is 6.28. The van der Waals surface area contributed by atoms with Gasteiger partial charge in [-0.25, -0.2) is 0 Å². The Labute approximate surface area is 172 Å². The van der Waals surface area contributed by atoms with E-state index in [-0.39, 0.29) is 6.04 Å². The summed E-state index contributed by atoms with van der Waals surface area (Å²) >= 11 is 7.47. The van der Waals surface area contributed by atoms with Crippen molar-refractivity contribution in [3.63, 3.8) is 0 Å². The van der Waals surface area contributed by atoms with Gasteiger partial charge < -0.3 is 10.6 Å². The van der Waals surface area contributed by atoms with Crippen LogP contribution in [-0.4, -0.2) is 35.7 Å². The van der Waals surface area contributed by atoms with Gasteiger partial charge in [-0.3, -0.25) is 4.90 Å². The normalized spacial score (nSPS) is 20.4. The first-order valence-electron chi connectivity index (χ1n) is 10.2. The number of fused-ring (bicyclic) bond motifs is 1. The smallest absolute Gasteiger partial charge is 0.167 e. The maximum Gasteiger partial charge on any atom is 0.167 e. The number of nitrogens with one attached hydrogen (secondary N) is 2. The lowest BCUT2D eigenvalue weighted by Crippen LogP contribution is -2.44. The molecule has 1 aliphatic heterocycles. The van der Waals surface area contributed by atoms with Crippen LogP contribution in [0.5, 0.6) is 0 Å². The molecule has 27 heavy (non-hydrogen) atoms. The quantitative estimate of drug-likeness (QED) is 0.709. The van der Waals surface area contributed by atoms with E-state index in [4.69, 9.17) is 12.2 Å². The Kier molecular flexibility index (Phi) is 6.11. The van der Waals surface area contributed by atoms with Gasteiger partial charge in [-0.05, 0) is 85.5 Å². The summed E-state index contributed by atoms with van der Waals surface area (Å²) in [6, 6.07) is 12.0. The molecule has 1 fully saturated rings. The minimum atomic E-state index is 0.127. The van der Waals surface area contributed by atoms with E-state index < -0.39 is 0 Å².